The molecule has 1 atom stereocenters. The fourth-order valence-corrected chi connectivity index (χ4v) is 5.95. The summed E-state index contributed by atoms with van der Waals surface area (Å²) in [5.74, 6) is 0.971. The van der Waals surface area contributed by atoms with E-state index in [0.717, 1.165) is 36.3 Å². The van der Waals surface area contributed by atoms with Gasteiger partial charge in [0.25, 0.3) is 0 Å². The highest BCUT2D eigenvalue weighted by Crippen LogP contribution is 2.41. The summed E-state index contributed by atoms with van der Waals surface area (Å²) in [7, 11) is -3.66. The molecule has 1 saturated heterocycles. The van der Waals surface area contributed by atoms with Crippen molar-refractivity contribution >= 4 is 10.0 Å². The van der Waals surface area contributed by atoms with Crippen molar-refractivity contribution in [3.63, 3.8) is 0 Å². The van der Waals surface area contributed by atoms with Crippen molar-refractivity contribution in [2.45, 2.75) is 69.9 Å². The van der Waals surface area contributed by atoms with Crippen LogP contribution in [-0.2, 0) is 33.3 Å². The van der Waals surface area contributed by atoms with E-state index in [0.29, 0.717) is 25.4 Å². The predicted octanol–water partition coefficient (Wildman–Crippen LogP) is 2.38. The molecular weight excluding hydrogens is 390 g/mol. The van der Waals surface area contributed by atoms with Gasteiger partial charge < -0.3 is 4.74 Å². The molecule has 0 amide bonds. The van der Waals surface area contributed by atoms with Crippen LogP contribution in [0.5, 0.6) is 0 Å². The molecule has 0 saturated carbocycles. The lowest BCUT2D eigenvalue weighted by atomic mass is 9.85. The maximum Gasteiger partial charge on any atom is 0.246 e. The predicted molar refractivity (Wildman–Crippen MR) is 108 cm³/mol. The van der Waals surface area contributed by atoms with E-state index in [1.807, 2.05) is 13.1 Å². The number of aryl methyl sites for hydroxylation is 2. The van der Waals surface area contributed by atoms with Gasteiger partial charge in [-0.25, -0.2) is 18.4 Å². The Morgan fingerprint density at radius 2 is 2.14 bits per heavy atom. The van der Waals surface area contributed by atoms with Gasteiger partial charge >= 0.3 is 0 Å². The zero-order valence-corrected chi connectivity index (χ0v) is 18.4. The minimum atomic E-state index is -3.66. The van der Waals surface area contributed by atoms with Crippen LogP contribution in [0.4, 0.5) is 0 Å². The first kappa shape index (κ1) is 20.4. The Morgan fingerprint density at radius 1 is 1.34 bits per heavy atom. The van der Waals surface area contributed by atoms with Crippen LogP contribution >= 0.6 is 0 Å². The summed E-state index contributed by atoms with van der Waals surface area (Å²) >= 11 is 0. The lowest BCUT2D eigenvalue weighted by Gasteiger charge is -2.44. The summed E-state index contributed by atoms with van der Waals surface area (Å²) in [6.07, 6.45) is 5.75. The van der Waals surface area contributed by atoms with Gasteiger partial charge in [0.15, 0.2) is 0 Å². The molecule has 2 aliphatic heterocycles. The second kappa shape index (κ2) is 7.45. The fraction of sp³-hybridized carbons (Fsp3) is 0.650. The first-order chi connectivity index (χ1) is 13.8. The van der Waals surface area contributed by atoms with Crippen LogP contribution < -0.4 is 0 Å². The second-order valence-corrected chi connectivity index (χ2v) is 10.1. The first-order valence-corrected chi connectivity index (χ1v) is 11.8. The number of piperidine rings is 1. The number of sulfonamides is 1. The van der Waals surface area contributed by atoms with Crippen LogP contribution in [0.15, 0.2) is 17.3 Å². The molecule has 0 unspecified atom stereocenters. The smallest absolute Gasteiger partial charge is 0.246 e. The third kappa shape index (κ3) is 3.49. The van der Waals surface area contributed by atoms with Crippen LogP contribution in [0.2, 0.25) is 0 Å². The van der Waals surface area contributed by atoms with E-state index >= 15 is 0 Å². The Bertz CT molecular complexity index is 1020. The number of nitrogens with zero attached hydrogens (tertiary/aromatic N) is 5. The van der Waals surface area contributed by atoms with Gasteiger partial charge in [-0.3, -0.25) is 4.68 Å². The van der Waals surface area contributed by atoms with E-state index in [4.69, 9.17) is 9.72 Å². The highest BCUT2D eigenvalue weighted by atomic mass is 32.2. The Hall–Kier alpha value is -1.84. The summed E-state index contributed by atoms with van der Waals surface area (Å²) in [6, 6.07) is 0. The molecule has 0 radical (unpaired) electrons. The number of aromatic nitrogens is 4. The zero-order chi connectivity index (χ0) is 20.8. The van der Waals surface area contributed by atoms with Gasteiger partial charge in [0, 0.05) is 37.9 Å². The molecule has 0 aromatic carbocycles. The molecule has 2 aliphatic rings. The molecule has 2 aromatic rings. The van der Waals surface area contributed by atoms with Gasteiger partial charge in [0.2, 0.25) is 10.0 Å². The molecule has 8 nitrogen and oxygen atoms in total. The molecule has 29 heavy (non-hydrogen) atoms. The molecule has 2 aromatic heterocycles. The third-order valence-corrected chi connectivity index (χ3v) is 7.79. The molecule has 158 valence electrons. The van der Waals surface area contributed by atoms with E-state index in [9.17, 15) is 8.42 Å². The van der Waals surface area contributed by atoms with Crippen molar-refractivity contribution in [1.82, 2.24) is 24.1 Å². The van der Waals surface area contributed by atoms with Crippen molar-refractivity contribution < 1.29 is 13.2 Å². The van der Waals surface area contributed by atoms with Gasteiger partial charge in [-0.05, 0) is 38.7 Å². The quantitative estimate of drug-likeness (QED) is 0.756. The summed E-state index contributed by atoms with van der Waals surface area (Å²) in [5.41, 5.74) is 1.75. The average molecular weight is 420 g/mol. The maximum absolute atomic E-state index is 13.4. The molecule has 0 bridgehead atoms. The van der Waals surface area contributed by atoms with E-state index in [2.05, 4.69) is 23.9 Å². The molecule has 1 fully saturated rings. The lowest BCUT2D eigenvalue weighted by molar-refractivity contribution is -0.0936. The molecule has 9 heteroatoms. The highest BCUT2D eigenvalue weighted by Gasteiger charge is 2.46. The Labute approximate surface area is 172 Å². The molecule has 0 aliphatic carbocycles. The molecule has 1 spiro atoms. The normalized spacial score (nSPS) is 22.9. The van der Waals surface area contributed by atoms with Crippen LogP contribution in [0, 0.1) is 6.92 Å². The Morgan fingerprint density at radius 3 is 2.83 bits per heavy atom. The largest absolute Gasteiger partial charge is 0.367 e. The van der Waals surface area contributed by atoms with E-state index in [1.54, 1.807) is 22.1 Å². The van der Waals surface area contributed by atoms with Gasteiger partial charge in [-0.1, -0.05) is 13.8 Å². The molecule has 0 N–H and O–H groups in total. The van der Waals surface area contributed by atoms with Gasteiger partial charge in [0.1, 0.15) is 16.3 Å². The Kier molecular flexibility index (Phi) is 5.25. The van der Waals surface area contributed by atoms with E-state index in [1.165, 1.54) is 0 Å². The van der Waals surface area contributed by atoms with Gasteiger partial charge in [-0.2, -0.15) is 9.40 Å². The number of fused-ring (bicyclic) bond motifs is 2. The number of ether oxygens (including phenoxy) is 1. The van der Waals surface area contributed by atoms with E-state index in [-0.39, 0.29) is 17.4 Å². The summed E-state index contributed by atoms with van der Waals surface area (Å²) in [4.78, 5) is 9.61. The third-order valence-electron chi connectivity index (χ3n) is 5.84. The van der Waals surface area contributed by atoms with Gasteiger partial charge in [-0.15, -0.1) is 0 Å². The summed E-state index contributed by atoms with van der Waals surface area (Å²) in [6.45, 7) is 9.73. The Balaban J connectivity index is 1.72. The fourth-order valence-electron chi connectivity index (χ4n) is 4.25. The topological polar surface area (TPSA) is 90.2 Å². The highest BCUT2D eigenvalue weighted by molar-refractivity contribution is 7.89. The van der Waals surface area contributed by atoms with Crippen LogP contribution in [0.3, 0.4) is 0 Å². The minimum absolute atomic E-state index is 0.199. The molecule has 4 rings (SSSR count). The molecular formula is C20H29N5O3S. The SMILES string of the molecule is CCn1cc(S(=O)(=O)N2CCC[C@@]3(C2)OCCc2cnc(C(C)C)nc23)c(C)n1. The first-order valence-electron chi connectivity index (χ1n) is 10.3. The van der Waals surface area contributed by atoms with Crippen molar-refractivity contribution in [1.29, 1.82) is 0 Å². The summed E-state index contributed by atoms with van der Waals surface area (Å²) < 4.78 is 36.3. The number of hydrogen-bond donors (Lipinski definition) is 0. The van der Waals surface area contributed by atoms with Crippen LogP contribution in [0.1, 0.15) is 62.3 Å². The van der Waals surface area contributed by atoms with Crippen molar-refractivity contribution in [2.24, 2.45) is 0 Å². The number of rotatable bonds is 4. The van der Waals surface area contributed by atoms with Crippen molar-refractivity contribution in [2.75, 3.05) is 19.7 Å². The second-order valence-electron chi connectivity index (χ2n) is 8.23. The summed E-state index contributed by atoms with van der Waals surface area (Å²) in [5, 5.41) is 4.32. The minimum Gasteiger partial charge on any atom is -0.367 e. The lowest BCUT2D eigenvalue weighted by Crippen LogP contribution is -2.52. The maximum atomic E-state index is 13.4. The van der Waals surface area contributed by atoms with Gasteiger partial charge in [0.05, 0.1) is 18.0 Å². The average Bonchev–Trinajstić information content (AvgIpc) is 3.10. The standard InChI is InChI=1S/C20H29N5O3S/c1-5-24-12-17(15(4)23-24)29(26,27)25-9-6-8-20(13-25)18-16(7-10-28-20)11-21-19(22-18)14(2)3/h11-12,14H,5-10,13H2,1-4H3/t20-/m0/s1. The van der Waals surface area contributed by atoms with Crippen molar-refractivity contribution in [3.05, 3.63) is 35.2 Å². The van der Waals surface area contributed by atoms with Crippen LogP contribution in [-0.4, -0.2) is 52.2 Å². The zero-order valence-electron chi connectivity index (χ0n) is 17.6. The van der Waals surface area contributed by atoms with E-state index < -0.39 is 15.6 Å². The van der Waals surface area contributed by atoms with Crippen molar-refractivity contribution in [3.8, 4) is 0 Å². The monoisotopic (exact) mass is 419 g/mol. The van der Waals surface area contributed by atoms with Crippen LogP contribution in [0.25, 0.3) is 0 Å². The molecule has 4 heterocycles. The number of hydrogen-bond acceptors (Lipinski definition) is 6.